The van der Waals surface area contributed by atoms with Crippen LogP contribution in [-0.4, -0.2) is 53.6 Å². The molecule has 0 heterocycles. The Hall–Kier alpha value is -2.38. The van der Waals surface area contributed by atoms with Gasteiger partial charge < -0.3 is 25.4 Å². The van der Waals surface area contributed by atoms with E-state index >= 15 is 0 Å². The van der Waals surface area contributed by atoms with Gasteiger partial charge in [-0.1, -0.05) is 24.3 Å². The van der Waals surface area contributed by atoms with Gasteiger partial charge in [-0.15, -0.1) is 6.58 Å². The summed E-state index contributed by atoms with van der Waals surface area (Å²) in [4.78, 5) is 18.2. The molecule has 0 aliphatic carbocycles. The van der Waals surface area contributed by atoms with Gasteiger partial charge in [-0.3, -0.25) is 0 Å². The minimum Gasteiger partial charge on any atom is -0.491 e. The standard InChI is InChI=1S/C13H19NO2.C2H2O4/c1-3-6-11-7-4-5-8-13(11)16-10-12(15)9-14-2;3-1(4)2(5)6/h3-5,7-8,12,14-15H,1,6,9-10H2,2H3;(H,3,4)(H,5,6). The number of hydrogen-bond donors (Lipinski definition) is 4. The molecule has 0 saturated carbocycles. The van der Waals surface area contributed by atoms with Gasteiger partial charge in [-0.05, 0) is 25.1 Å². The number of nitrogens with one attached hydrogen (secondary N) is 1. The third-order valence-electron chi connectivity index (χ3n) is 2.39. The second-order valence-electron chi connectivity index (χ2n) is 4.23. The molecule has 0 bridgehead atoms. The molecule has 4 N–H and O–H groups in total. The predicted molar refractivity (Wildman–Crippen MR) is 81.0 cm³/mol. The molecule has 22 heavy (non-hydrogen) atoms. The highest BCUT2D eigenvalue weighted by Crippen LogP contribution is 2.18. The van der Waals surface area contributed by atoms with E-state index in [0.29, 0.717) is 13.2 Å². The van der Waals surface area contributed by atoms with Crippen molar-refractivity contribution in [3.8, 4) is 5.75 Å². The van der Waals surface area contributed by atoms with E-state index in [1.807, 2.05) is 30.3 Å². The topological polar surface area (TPSA) is 116 Å². The quantitative estimate of drug-likeness (QED) is 0.429. The zero-order valence-electron chi connectivity index (χ0n) is 12.4. The van der Waals surface area contributed by atoms with Gasteiger partial charge in [0.1, 0.15) is 18.5 Å². The smallest absolute Gasteiger partial charge is 0.414 e. The number of aliphatic hydroxyl groups is 1. The molecule has 7 heteroatoms. The summed E-state index contributed by atoms with van der Waals surface area (Å²) in [6, 6.07) is 7.80. The van der Waals surface area contributed by atoms with E-state index in [9.17, 15) is 5.11 Å². The highest BCUT2D eigenvalue weighted by Gasteiger charge is 2.06. The summed E-state index contributed by atoms with van der Waals surface area (Å²) in [7, 11) is 1.80. The first-order chi connectivity index (χ1) is 10.4. The Kier molecular flexibility index (Phi) is 10.1. The minimum absolute atomic E-state index is 0.301. The van der Waals surface area contributed by atoms with Crippen LogP contribution in [0.25, 0.3) is 0 Å². The third-order valence-corrected chi connectivity index (χ3v) is 2.39. The largest absolute Gasteiger partial charge is 0.491 e. The summed E-state index contributed by atoms with van der Waals surface area (Å²) >= 11 is 0. The summed E-state index contributed by atoms with van der Waals surface area (Å²) in [5.74, 6) is -2.83. The molecule has 0 spiro atoms. The molecule has 1 aromatic rings. The van der Waals surface area contributed by atoms with Crippen LogP contribution in [0.1, 0.15) is 5.56 Å². The van der Waals surface area contributed by atoms with Gasteiger partial charge in [0.05, 0.1) is 0 Å². The summed E-state index contributed by atoms with van der Waals surface area (Å²) in [6.07, 6.45) is 2.13. The van der Waals surface area contributed by atoms with Gasteiger partial charge in [0, 0.05) is 6.54 Å². The SMILES string of the molecule is C=CCc1ccccc1OCC(O)CNC.O=C(O)C(=O)O. The summed E-state index contributed by atoms with van der Waals surface area (Å²) in [6.45, 7) is 4.54. The van der Waals surface area contributed by atoms with Crippen LogP contribution in [0.2, 0.25) is 0 Å². The van der Waals surface area contributed by atoms with E-state index < -0.39 is 18.0 Å². The number of aliphatic carboxylic acids is 2. The van der Waals surface area contributed by atoms with E-state index in [1.54, 1.807) is 7.05 Å². The molecule has 0 aromatic heterocycles. The number of carboxylic acids is 2. The van der Waals surface area contributed by atoms with E-state index in [4.69, 9.17) is 24.5 Å². The van der Waals surface area contributed by atoms with Crippen molar-refractivity contribution in [2.75, 3.05) is 20.2 Å². The lowest BCUT2D eigenvalue weighted by Gasteiger charge is -2.14. The summed E-state index contributed by atoms with van der Waals surface area (Å²) in [5, 5.41) is 27.2. The van der Waals surface area contributed by atoms with Crippen LogP contribution >= 0.6 is 0 Å². The number of rotatable bonds is 7. The van der Waals surface area contributed by atoms with Crippen molar-refractivity contribution in [3.63, 3.8) is 0 Å². The van der Waals surface area contributed by atoms with Gasteiger partial charge in [-0.2, -0.15) is 0 Å². The minimum atomic E-state index is -1.82. The average molecular weight is 311 g/mol. The normalized spacial score (nSPS) is 10.8. The third kappa shape index (κ3) is 8.72. The van der Waals surface area contributed by atoms with Crippen LogP contribution in [0.3, 0.4) is 0 Å². The van der Waals surface area contributed by atoms with Crippen molar-refractivity contribution in [3.05, 3.63) is 42.5 Å². The first kappa shape index (κ1) is 19.6. The fraction of sp³-hybridized carbons (Fsp3) is 0.333. The van der Waals surface area contributed by atoms with Crippen molar-refractivity contribution in [1.29, 1.82) is 0 Å². The van der Waals surface area contributed by atoms with Gasteiger partial charge in [0.25, 0.3) is 0 Å². The second kappa shape index (κ2) is 11.3. The molecule has 122 valence electrons. The maximum atomic E-state index is 9.52. The average Bonchev–Trinajstić information content (AvgIpc) is 2.47. The highest BCUT2D eigenvalue weighted by atomic mass is 16.5. The van der Waals surface area contributed by atoms with Crippen LogP contribution in [0.15, 0.2) is 36.9 Å². The molecular formula is C15H21NO6. The highest BCUT2D eigenvalue weighted by molar-refractivity contribution is 6.27. The van der Waals surface area contributed by atoms with Crippen molar-refractivity contribution >= 4 is 11.9 Å². The van der Waals surface area contributed by atoms with Crippen LogP contribution in [0.5, 0.6) is 5.75 Å². The number of carboxylic acid groups (broad SMARTS) is 2. The number of ether oxygens (including phenoxy) is 1. The number of para-hydroxylation sites is 1. The molecule has 1 unspecified atom stereocenters. The zero-order valence-corrected chi connectivity index (χ0v) is 12.4. The Morgan fingerprint density at radius 1 is 1.32 bits per heavy atom. The Balaban J connectivity index is 0.000000626. The molecule has 1 rings (SSSR count). The summed E-state index contributed by atoms with van der Waals surface area (Å²) < 4.78 is 5.57. The monoisotopic (exact) mass is 311 g/mol. The molecule has 0 radical (unpaired) electrons. The Bertz CT molecular complexity index is 477. The molecule has 0 aliphatic rings. The lowest BCUT2D eigenvalue weighted by Crippen LogP contribution is -2.29. The molecule has 1 atom stereocenters. The van der Waals surface area contributed by atoms with Crippen molar-refractivity contribution in [2.45, 2.75) is 12.5 Å². The predicted octanol–water partition coefficient (Wildman–Crippen LogP) is 0.530. The van der Waals surface area contributed by atoms with E-state index in [-0.39, 0.29) is 0 Å². The van der Waals surface area contributed by atoms with E-state index in [1.165, 1.54) is 0 Å². The molecule has 0 aliphatic heterocycles. The molecule has 0 saturated heterocycles. The van der Waals surface area contributed by atoms with E-state index in [0.717, 1.165) is 17.7 Å². The molecule has 0 amide bonds. The first-order valence-electron chi connectivity index (χ1n) is 6.52. The Labute approximate surface area is 128 Å². The van der Waals surface area contributed by atoms with Gasteiger partial charge >= 0.3 is 11.9 Å². The van der Waals surface area contributed by atoms with Crippen LogP contribution < -0.4 is 10.1 Å². The van der Waals surface area contributed by atoms with Gasteiger partial charge in [-0.25, -0.2) is 9.59 Å². The maximum absolute atomic E-state index is 9.52. The second-order valence-corrected chi connectivity index (χ2v) is 4.23. The molecule has 7 nitrogen and oxygen atoms in total. The van der Waals surface area contributed by atoms with E-state index in [2.05, 4.69) is 11.9 Å². The van der Waals surface area contributed by atoms with Gasteiger partial charge in [0.2, 0.25) is 0 Å². The molecular weight excluding hydrogens is 290 g/mol. The number of allylic oxidation sites excluding steroid dienone is 1. The van der Waals surface area contributed by atoms with Crippen LogP contribution in [-0.2, 0) is 16.0 Å². The van der Waals surface area contributed by atoms with Crippen molar-refractivity contribution in [1.82, 2.24) is 5.32 Å². The lowest BCUT2D eigenvalue weighted by atomic mass is 10.1. The number of benzene rings is 1. The van der Waals surface area contributed by atoms with Crippen molar-refractivity contribution in [2.24, 2.45) is 0 Å². The number of carbonyl (C=O) groups is 2. The summed E-state index contributed by atoms with van der Waals surface area (Å²) in [5.41, 5.74) is 1.09. The number of hydrogen-bond acceptors (Lipinski definition) is 5. The number of aliphatic hydroxyl groups excluding tert-OH is 1. The van der Waals surface area contributed by atoms with Crippen LogP contribution in [0.4, 0.5) is 0 Å². The number of likely N-dealkylation sites (N-methyl/N-ethyl adjacent to an activating group) is 1. The zero-order chi connectivity index (χ0) is 17.0. The molecule has 1 aromatic carbocycles. The fourth-order valence-corrected chi connectivity index (χ4v) is 1.45. The Morgan fingerprint density at radius 3 is 2.41 bits per heavy atom. The maximum Gasteiger partial charge on any atom is 0.414 e. The lowest BCUT2D eigenvalue weighted by molar-refractivity contribution is -0.159. The molecule has 0 fully saturated rings. The van der Waals surface area contributed by atoms with Gasteiger partial charge in [0.15, 0.2) is 0 Å². The first-order valence-corrected chi connectivity index (χ1v) is 6.52. The fourth-order valence-electron chi connectivity index (χ4n) is 1.45. The Morgan fingerprint density at radius 2 is 1.91 bits per heavy atom. The van der Waals surface area contributed by atoms with Crippen molar-refractivity contribution < 1.29 is 29.6 Å². The van der Waals surface area contributed by atoms with Crippen LogP contribution in [0, 0.1) is 0 Å².